The van der Waals surface area contributed by atoms with Gasteiger partial charge in [0.2, 0.25) is 5.88 Å². The molecule has 0 aliphatic carbocycles. The third-order valence-electron chi connectivity index (χ3n) is 2.31. The Morgan fingerprint density at radius 1 is 1.26 bits per heavy atom. The zero-order valence-electron chi connectivity index (χ0n) is 12.1. The number of hydrogen-bond acceptors (Lipinski definition) is 6. The smallest absolute Gasteiger partial charge is 0.218 e. The van der Waals surface area contributed by atoms with Crippen molar-refractivity contribution in [3.63, 3.8) is 0 Å². The molecule has 19 heavy (non-hydrogen) atoms. The normalized spacial score (nSPS) is 10.8. The Balaban J connectivity index is 2.45. The van der Waals surface area contributed by atoms with Gasteiger partial charge in [-0.15, -0.1) is 0 Å². The number of rotatable bonds is 9. The molecule has 0 saturated carbocycles. The van der Waals surface area contributed by atoms with Crippen LogP contribution in [0.2, 0.25) is 0 Å². The lowest BCUT2D eigenvalue weighted by Gasteiger charge is -2.10. The molecule has 108 valence electrons. The molecule has 0 bridgehead atoms. The van der Waals surface area contributed by atoms with Crippen LogP contribution in [0.25, 0.3) is 0 Å². The number of nitrogens with zero attached hydrogens (tertiary/aromatic N) is 2. The molecule has 0 fully saturated rings. The molecule has 0 amide bonds. The van der Waals surface area contributed by atoms with Crippen molar-refractivity contribution in [3.8, 4) is 5.88 Å². The first-order valence-corrected chi connectivity index (χ1v) is 6.42. The maximum atomic E-state index is 5.47. The quantitative estimate of drug-likeness (QED) is 0.690. The Kier molecular flexibility index (Phi) is 7.14. The molecule has 0 atom stereocenters. The Labute approximate surface area is 114 Å². The van der Waals surface area contributed by atoms with Crippen LogP contribution in [0.3, 0.4) is 0 Å². The molecule has 6 heteroatoms. The molecule has 1 aromatic heterocycles. The molecule has 6 nitrogen and oxygen atoms in total. The molecule has 1 heterocycles. The Bertz CT molecular complexity index is 372. The van der Waals surface area contributed by atoms with Crippen molar-refractivity contribution in [2.75, 3.05) is 32.7 Å². The van der Waals surface area contributed by atoms with E-state index in [1.165, 1.54) is 0 Å². The molecule has 1 N–H and O–H groups in total. The molecule has 1 rings (SSSR count). The summed E-state index contributed by atoms with van der Waals surface area (Å²) in [6.07, 6.45) is 1.19. The van der Waals surface area contributed by atoms with Crippen molar-refractivity contribution >= 4 is 5.82 Å². The predicted molar refractivity (Wildman–Crippen MR) is 73.5 cm³/mol. The van der Waals surface area contributed by atoms with E-state index < -0.39 is 0 Å². The summed E-state index contributed by atoms with van der Waals surface area (Å²) in [5, 5.41) is 3.23. The van der Waals surface area contributed by atoms with Crippen molar-refractivity contribution in [1.29, 1.82) is 0 Å². The van der Waals surface area contributed by atoms with E-state index in [1.807, 2.05) is 13.8 Å². The van der Waals surface area contributed by atoms with E-state index >= 15 is 0 Å². The van der Waals surface area contributed by atoms with Crippen LogP contribution in [0.1, 0.15) is 26.1 Å². The van der Waals surface area contributed by atoms with Crippen molar-refractivity contribution in [1.82, 2.24) is 9.97 Å². The molecule has 0 spiro atoms. The Hall–Kier alpha value is -1.40. The lowest BCUT2D eigenvalue weighted by atomic mass is 10.4. The highest BCUT2D eigenvalue weighted by Gasteiger charge is 2.04. The summed E-state index contributed by atoms with van der Waals surface area (Å²) in [5.41, 5.74) is 0. The summed E-state index contributed by atoms with van der Waals surface area (Å²) in [7, 11) is 3.19. The van der Waals surface area contributed by atoms with Crippen molar-refractivity contribution in [2.24, 2.45) is 0 Å². The minimum atomic E-state index is 0.271. The first-order chi connectivity index (χ1) is 9.15. The standard InChI is InChI=1S/C13H23N3O3/c1-10(2)19-7-5-6-14-11-8-13(18-4)16-12(15-11)9-17-3/h8,10H,5-7,9H2,1-4H3,(H,14,15,16). The van der Waals surface area contributed by atoms with Gasteiger partial charge in [-0.1, -0.05) is 0 Å². The summed E-state index contributed by atoms with van der Waals surface area (Å²) in [4.78, 5) is 8.52. The van der Waals surface area contributed by atoms with Gasteiger partial charge in [-0.25, -0.2) is 4.98 Å². The van der Waals surface area contributed by atoms with Gasteiger partial charge in [0.05, 0.1) is 13.2 Å². The summed E-state index contributed by atoms with van der Waals surface area (Å²) < 4.78 is 15.6. The van der Waals surface area contributed by atoms with Gasteiger partial charge in [-0.05, 0) is 20.3 Å². The van der Waals surface area contributed by atoms with Gasteiger partial charge in [-0.3, -0.25) is 0 Å². The zero-order chi connectivity index (χ0) is 14.1. The largest absolute Gasteiger partial charge is 0.481 e. The monoisotopic (exact) mass is 269 g/mol. The fraction of sp³-hybridized carbons (Fsp3) is 0.692. The second kappa shape index (κ2) is 8.66. The highest BCUT2D eigenvalue weighted by molar-refractivity contribution is 5.38. The fourth-order valence-corrected chi connectivity index (χ4v) is 1.47. The first kappa shape index (κ1) is 15.7. The lowest BCUT2D eigenvalue weighted by Crippen LogP contribution is -2.11. The zero-order valence-corrected chi connectivity index (χ0v) is 12.1. The number of methoxy groups -OCH3 is 2. The van der Waals surface area contributed by atoms with Gasteiger partial charge in [0.25, 0.3) is 0 Å². The Morgan fingerprint density at radius 2 is 2.05 bits per heavy atom. The SMILES string of the molecule is COCc1nc(NCCCOC(C)C)cc(OC)n1. The number of ether oxygens (including phenoxy) is 3. The summed E-state index contributed by atoms with van der Waals surface area (Å²) in [6.45, 7) is 5.94. The number of nitrogens with one attached hydrogen (secondary N) is 1. The van der Waals surface area contributed by atoms with E-state index in [4.69, 9.17) is 14.2 Å². The van der Waals surface area contributed by atoms with Gasteiger partial charge in [0, 0.05) is 26.3 Å². The lowest BCUT2D eigenvalue weighted by molar-refractivity contribution is 0.0787. The third kappa shape index (κ3) is 6.35. The predicted octanol–water partition coefficient (Wildman–Crippen LogP) is 1.86. The molecule has 0 aliphatic heterocycles. The Morgan fingerprint density at radius 3 is 2.68 bits per heavy atom. The van der Waals surface area contributed by atoms with Crippen LogP contribution in [0.5, 0.6) is 5.88 Å². The van der Waals surface area contributed by atoms with Crippen LogP contribution in [0.4, 0.5) is 5.82 Å². The molecule has 0 radical (unpaired) electrons. The van der Waals surface area contributed by atoms with Crippen LogP contribution < -0.4 is 10.1 Å². The van der Waals surface area contributed by atoms with E-state index in [0.717, 1.165) is 25.4 Å². The molecule has 0 saturated heterocycles. The second-order valence-corrected chi connectivity index (χ2v) is 4.34. The van der Waals surface area contributed by atoms with Gasteiger partial charge in [-0.2, -0.15) is 4.98 Å². The fourth-order valence-electron chi connectivity index (χ4n) is 1.47. The first-order valence-electron chi connectivity index (χ1n) is 6.42. The van der Waals surface area contributed by atoms with Crippen LogP contribution in [0, 0.1) is 0 Å². The number of anilines is 1. The van der Waals surface area contributed by atoms with Crippen molar-refractivity contribution < 1.29 is 14.2 Å². The van der Waals surface area contributed by atoms with Crippen LogP contribution in [-0.2, 0) is 16.1 Å². The molecule has 0 aliphatic rings. The van der Waals surface area contributed by atoms with Gasteiger partial charge >= 0.3 is 0 Å². The topological polar surface area (TPSA) is 65.5 Å². The highest BCUT2D eigenvalue weighted by Crippen LogP contribution is 2.13. The third-order valence-corrected chi connectivity index (χ3v) is 2.31. The minimum Gasteiger partial charge on any atom is -0.481 e. The average molecular weight is 269 g/mol. The van der Waals surface area contributed by atoms with Gasteiger partial charge < -0.3 is 19.5 Å². The molecular weight excluding hydrogens is 246 g/mol. The van der Waals surface area contributed by atoms with E-state index in [-0.39, 0.29) is 6.10 Å². The van der Waals surface area contributed by atoms with Gasteiger partial charge in [0.1, 0.15) is 12.4 Å². The van der Waals surface area contributed by atoms with E-state index in [9.17, 15) is 0 Å². The highest BCUT2D eigenvalue weighted by atomic mass is 16.5. The van der Waals surface area contributed by atoms with Crippen LogP contribution in [-0.4, -0.2) is 43.4 Å². The second-order valence-electron chi connectivity index (χ2n) is 4.34. The molecular formula is C13H23N3O3. The van der Waals surface area contributed by atoms with Gasteiger partial charge in [0.15, 0.2) is 5.82 Å². The van der Waals surface area contributed by atoms with Crippen LogP contribution in [0.15, 0.2) is 6.07 Å². The maximum absolute atomic E-state index is 5.47. The molecule has 0 unspecified atom stereocenters. The van der Waals surface area contributed by atoms with Crippen molar-refractivity contribution in [2.45, 2.75) is 33.0 Å². The minimum absolute atomic E-state index is 0.271. The van der Waals surface area contributed by atoms with E-state index in [2.05, 4.69) is 15.3 Å². The summed E-state index contributed by atoms with van der Waals surface area (Å²) in [6, 6.07) is 1.77. The van der Waals surface area contributed by atoms with Crippen LogP contribution >= 0.6 is 0 Å². The van der Waals surface area contributed by atoms with E-state index in [1.54, 1.807) is 20.3 Å². The average Bonchev–Trinajstić information content (AvgIpc) is 2.38. The molecule has 1 aromatic rings. The molecule has 0 aromatic carbocycles. The number of hydrogen-bond donors (Lipinski definition) is 1. The van der Waals surface area contributed by atoms with E-state index in [0.29, 0.717) is 18.3 Å². The van der Waals surface area contributed by atoms with Crippen molar-refractivity contribution in [3.05, 3.63) is 11.9 Å². The summed E-state index contributed by atoms with van der Waals surface area (Å²) >= 11 is 0. The number of aromatic nitrogens is 2. The maximum Gasteiger partial charge on any atom is 0.218 e. The summed E-state index contributed by atoms with van der Waals surface area (Å²) in [5.74, 6) is 1.87.